The van der Waals surface area contributed by atoms with Crippen LogP contribution in [-0.4, -0.2) is 36.4 Å². The molecule has 0 saturated heterocycles. The van der Waals surface area contributed by atoms with Crippen molar-refractivity contribution in [1.29, 1.82) is 0 Å². The quantitative estimate of drug-likeness (QED) is 0.714. The Kier molecular flexibility index (Phi) is 4.63. The zero-order chi connectivity index (χ0) is 20.7. The Morgan fingerprint density at radius 3 is 3.07 bits per heavy atom. The highest BCUT2D eigenvalue weighted by atomic mass is 16.5. The van der Waals surface area contributed by atoms with Crippen molar-refractivity contribution in [1.82, 2.24) is 15.5 Å². The van der Waals surface area contributed by atoms with Gasteiger partial charge in [0.15, 0.2) is 0 Å². The maximum absolute atomic E-state index is 12.9. The van der Waals surface area contributed by atoms with Crippen LogP contribution < -0.4 is 15.0 Å². The van der Waals surface area contributed by atoms with Crippen LogP contribution in [0.5, 0.6) is 5.75 Å². The van der Waals surface area contributed by atoms with Crippen LogP contribution in [0.3, 0.4) is 0 Å². The molecule has 3 heterocycles. The van der Waals surface area contributed by atoms with Crippen molar-refractivity contribution in [3.05, 3.63) is 59.0 Å². The highest BCUT2D eigenvalue weighted by Crippen LogP contribution is 2.36. The van der Waals surface area contributed by atoms with Gasteiger partial charge >= 0.3 is 6.03 Å². The van der Waals surface area contributed by atoms with Crippen molar-refractivity contribution in [3.63, 3.8) is 0 Å². The second-order valence-corrected chi connectivity index (χ2v) is 7.54. The van der Waals surface area contributed by atoms with Crippen molar-refractivity contribution in [2.24, 2.45) is 0 Å². The molecule has 2 aliphatic heterocycles. The van der Waals surface area contributed by atoms with Gasteiger partial charge in [0, 0.05) is 30.5 Å². The molecule has 0 fully saturated rings. The second-order valence-electron chi connectivity index (χ2n) is 7.54. The number of nitrogens with one attached hydrogen (secondary N) is 1. The van der Waals surface area contributed by atoms with E-state index in [4.69, 9.17) is 14.0 Å². The lowest BCUT2D eigenvalue weighted by atomic mass is 10.1. The third-order valence-corrected chi connectivity index (χ3v) is 5.46. The van der Waals surface area contributed by atoms with Gasteiger partial charge in [-0.2, -0.15) is 4.98 Å². The van der Waals surface area contributed by atoms with Gasteiger partial charge < -0.3 is 19.3 Å². The minimum atomic E-state index is -0.203. The van der Waals surface area contributed by atoms with Crippen molar-refractivity contribution < 1.29 is 18.8 Å². The third kappa shape index (κ3) is 3.29. The summed E-state index contributed by atoms with van der Waals surface area (Å²) in [6.45, 7) is 3.41. The molecule has 1 atom stereocenters. The first-order chi connectivity index (χ1) is 14.6. The Morgan fingerprint density at radius 2 is 2.20 bits per heavy atom. The summed E-state index contributed by atoms with van der Waals surface area (Å²) >= 11 is 0. The number of fused-ring (bicyclic) bond motifs is 2. The molecule has 2 aromatic carbocycles. The highest BCUT2D eigenvalue weighted by molar-refractivity contribution is 5.94. The van der Waals surface area contributed by atoms with E-state index in [-0.39, 0.29) is 18.7 Å². The molecule has 154 valence electrons. The van der Waals surface area contributed by atoms with Gasteiger partial charge in [-0.1, -0.05) is 35.0 Å². The van der Waals surface area contributed by atoms with Gasteiger partial charge in [0.25, 0.3) is 5.89 Å². The number of hydrogen-bond acceptors (Lipinski definition) is 6. The fourth-order valence-electron chi connectivity index (χ4n) is 3.99. The van der Waals surface area contributed by atoms with Crippen molar-refractivity contribution in [3.8, 4) is 17.1 Å². The Hall–Kier alpha value is -3.39. The number of benzene rings is 2. The molecule has 5 rings (SSSR count). The number of carbonyl (C=O) groups excluding carboxylic acids is 1. The minimum absolute atomic E-state index is 0.106. The molecular formula is C22H22N4O4. The van der Waals surface area contributed by atoms with Gasteiger partial charge in [-0.15, -0.1) is 0 Å². The number of hydrogen-bond donors (Lipinski definition) is 1. The SMILES string of the molecule is COCc1nc(-c2ccc3c(c2)OC[C@H]3NC(=O)N2CCc3cc(C)ccc32)no1. The fraction of sp³-hybridized carbons (Fsp3) is 0.318. The van der Waals surface area contributed by atoms with Crippen LogP contribution in [0.2, 0.25) is 0 Å². The summed E-state index contributed by atoms with van der Waals surface area (Å²) in [6, 6.07) is 11.6. The fourth-order valence-corrected chi connectivity index (χ4v) is 3.99. The van der Waals surface area contributed by atoms with E-state index >= 15 is 0 Å². The van der Waals surface area contributed by atoms with Crippen molar-refractivity contribution in [2.45, 2.75) is 26.0 Å². The highest BCUT2D eigenvalue weighted by Gasteiger charge is 2.31. The summed E-state index contributed by atoms with van der Waals surface area (Å²) in [7, 11) is 1.57. The number of nitrogens with zero attached hydrogens (tertiary/aromatic N) is 3. The Bertz CT molecular complexity index is 1110. The smallest absolute Gasteiger partial charge is 0.322 e. The van der Waals surface area contributed by atoms with Crippen LogP contribution in [0, 0.1) is 6.92 Å². The first kappa shape index (κ1) is 18.6. The molecule has 30 heavy (non-hydrogen) atoms. The first-order valence-corrected chi connectivity index (χ1v) is 9.88. The van der Waals surface area contributed by atoms with Gasteiger partial charge in [-0.25, -0.2) is 4.79 Å². The topological polar surface area (TPSA) is 89.7 Å². The Morgan fingerprint density at radius 1 is 1.30 bits per heavy atom. The number of amides is 2. The van der Waals surface area contributed by atoms with E-state index in [0.29, 0.717) is 30.6 Å². The van der Waals surface area contributed by atoms with E-state index in [1.807, 2.05) is 30.3 Å². The maximum Gasteiger partial charge on any atom is 0.322 e. The van der Waals surface area contributed by atoms with E-state index in [9.17, 15) is 4.79 Å². The molecule has 2 amide bonds. The lowest BCUT2D eigenvalue weighted by molar-refractivity contribution is 0.151. The van der Waals surface area contributed by atoms with E-state index in [0.717, 1.165) is 23.2 Å². The number of aryl methyl sites for hydroxylation is 1. The van der Waals surface area contributed by atoms with Gasteiger partial charge in [0.2, 0.25) is 5.82 Å². The third-order valence-electron chi connectivity index (χ3n) is 5.46. The normalized spacial score (nSPS) is 16.9. The average molecular weight is 406 g/mol. The molecule has 2 aliphatic rings. The van der Waals surface area contributed by atoms with Crippen LogP contribution >= 0.6 is 0 Å². The molecule has 0 radical (unpaired) electrons. The summed E-state index contributed by atoms with van der Waals surface area (Å²) in [6.07, 6.45) is 0.876. The summed E-state index contributed by atoms with van der Waals surface area (Å²) in [5.41, 5.74) is 5.13. The zero-order valence-corrected chi connectivity index (χ0v) is 16.8. The predicted molar refractivity (Wildman–Crippen MR) is 109 cm³/mol. The largest absolute Gasteiger partial charge is 0.491 e. The molecular weight excluding hydrogens is 384 g/mol. The van der Waals surface area contributed by atoms with Crippen molar-refractivity contribution >= 4 is 11.7 Å². The number of urea groups is 1. The number of carbonyl (C=O) groups is 1. The summed E-state index contributed by atoms with van der Waals surface area (Å²) < 4.78 is 16.0. The summed E-state index contributed by atoms with van der Waals surface area (Å²) in [4.78, 5) is 19.0. The van der Waals surface area contributed by atoms with Crippen LogP contribution in [0.25, 0.3) is 11.4 Å². The lowest BCUT2D eigenvalue weighted by Crippen LogP contribution is -2.41. The van der Waals surface area contributed by atoms with E-state index in [1.165, 1.54) is 11.1 Å². The van der Waals surface area contributed by atoms with E-state index < -0.39 is 0 Å². The molecule has 0 saturated carbocycles. The molecule has 1 N–H and O–H groups in total. The number of ether oxygens (including phenoxy) is 2. The number of methoxy groups -OCH3 is 1. The van der Waals surface area contributed by atoms with Gasteiger partial charge in [-0.05, 0) is 31.0 Å². The van der Waals surface area contributed by atoms with Crippen molar-refractivity contribution in [2.75, 3.05) is 25.2 Å². The molecule has 0 spiro atoms. The molecule has 0 bridgehead atoms. The summed E-state index contributed by atoms with van der Waals surface area (Å²) in [5.74, 6) is 1.61. The van der Waals surface area contributed by atoms with E-state index in [2.05, 4.69) is 28.4 Å². The summed E-state index contributed by atoms with van der Waals surface area (Å²) in [5, 5.41) is 7.09. The number of rotatable bonds is 4. The van der Waals surface area contributed by atoms with Crippen LogP contribution in [0.1, 0.15) is 28.6 Å². The van der Waals surface area contributed by atoms with Gasteiger partial charge in [0.1, 0.15) is 19.0 Å². The van der Waals surface area contributed by atoms with Gasteiger partial charge in [0.05, 0.1) is 6.04 Å². The molecule has 3 aromatic rings. The molecule has 0 aliphatic carbocycles. The molecule has 1 aromatic heterocycles. The maximum atomic E-state index is 12.9. The lowest BCUT2D eigenvalue weighted by Gasteiger charge is -2.21. The predicted octanol–water partition coefficient (Wildman–Crippen LogP) is 3.40. The first-order valence-electron chi connectivity index (χ1n) is 9.88. The minimum Gasteiger partial charge on any atom is -0.491 e. The monoisotopic (exact) mass is 406 g/mol. The number of aromatic nitrogens is 2. The number of anilines is 1. The standard InChI is InChI=1S/C22H22N4O4/c1-13-3-6-18-14(9-13)7-8-26(18)22(27)23-17-11-29-19-10-15(4-5-16(17)19)21-24-20(12-28-2)30-25-21/h3-6,9-10,17H,7-8,11-12H2,1-2H3,(H,23,27)/t17-/m1/s1. The van der Waals surface area contributed by atoms with Gasteiger partial charge in [-0.3, -0.25) is 4.90 Å². The van der Waals surface area contributed by atoms with Crippen LogP contribution in [-0.2, 0) is 17.8 Å². The molecule has 8 nitrogen and oxygen atoms in total. The Balaban J connectivity index is 1.31. The molecule has 0 unspecified atom stereocenters. The average Bonchev–Trinajstić information content (AvgIpc) is 3.46. The molecule has 8 heteroatoms. The second kappa shape index (κ2) is 7.46. The Labute approximate surface area is 173 Å². The van der Waals surface area contributed by atoms with Crippen LogP contribution in [0.15, 0.2) is 40.9 Å². The van der Waals surface area contributed by atoms with E-state index in [1.54, 1.807) is 12.0 Å². The van der Waals surface area contributed by atoms with Crippen LogP contribution in [0.4, 0.5) is 10.5 Å². The zero-order valence-electron chi connectivity index (χ0n) is 16.8.